The first-order valence-electron chi connectivity index (χ1n) is 9.92. The van der Waals surface area contributed by atoms with E-state index in [9.17, 15) is 4.79 Å². The summed E-state index contributed by atoms with van der Waals surface area (Å²) >= 11 is 0. The largest absolute Gasteiger partial charge is 0.486 e. The molecule has 0 fully saturated rings. The van der Waals surface area contributed by atoms with E-state index in [4.69, 9.17) is 18.9 Å². The average Bonchev–Trinajstić information content (AvgIpc) is 2.75. The molecule has 4 rings (SSSR count). The zero-order valence-corrected chi connectivity index (χ0v) is 16.6. The van der Waals surface area contributed by atoms with Crippen LogP contribution >= 0.6 is 0 Å². The highest BCUT2D eigenvalue weighted by molar-refractivity contribution is 5.74. The van der Waals surface area contributed by atoms with E-state index in [1.807, 2.05) is 42.5 Å². The summed E-state index contributed by atoms with van der Waals surface area (Å²) < 4.78 is 22.8. The van der Waals surface area contributed by atoms with Crippen LogP contribution in [-0.4, -0.2) is 38.5 Å². The van der Waals surface area contributed by atoms with Crippen LogP contribution in [0.2, 0.25) is 0 Å². The van der Waals surface area contributed by atoms with E-state index in [0.29, 0.717) is 37.9 Å². The monoisotopic (exact) mass is 398 g/mol. The van der Waals surface area contributed by atoms with Crippen LogP contribution in [0.5, 0.6) is 23.0 Å². The lowest BCUT2D eigenvalue weighted by Gasteiger charge is -2.28. The molecule has 2 aromatic carbocycles. The number of para-hydroxylation sites is 2. The minimum Gasteiger partial charge on any atom is -0.486 e. The van der Waals surface area contributed by atoms with Crippen LogP contribution in [0.1, 0.15) is 25.5 Å². The smallest absolute Gasteiger partial charge is 0.315 e. The van der Waals surface area contributed by atoms with Crippen molar-refractivity contribution in [2.45, 2.75) is 26.0 Å². The fraction of sp³-hybridized carbons (Fsp3) is 0.409. The number of amides is 2. The molecule has 0 radical (unpaired) electrons. The predicted octanol–water partition coefficient (Wildman–Crippen LogP) is 3.29. The minimum atomic E-state index is -0.249. The highest BCUT2D eigenvalue weighted by Crippen LogP contribution is 2.34. The van der Waals surface area contributed by atoms with Gasteiger partial charge in [-0.2, -0.15) is 0 Å². The second-order valence-corrected chi connectivity index (χ2v) is 7.48. The molecular weight excluding hydrogens is 372 g/mol. The first-order valence-corrected chi connectivity index (χ1v) is 9.92. The topological polar surface area (TPSA) is 78.1 Å². The summed E-state index contributed by atoms with van der Waals surface area (Å²) in [7, 11) is 0. The van der Waals surface area contributed by atoms with Crippen molar-refractivity contribution in [1.82, 2.24) is 10.6 Å². The Bertz CT molecular complexity index is 870. The third kappa shape index (κ3) is 4.50. The number of fused-ring (bicyclic) bond motifs is 2. The summed E-state index contributed by atoms with van der Waals surface area (Å²) in [6, 6.07) is 12.9. The zero-order valence-electron chi connectivity index (χ0n) is 16.6. The molecule has 2 aliphatic heterocycles. The molecule has 2 aromatic rings. The van der Waals surface area contributed by atoms with Crippen molar-refractivity contribution < 1.29 is 23.7 Å². The molecule has 0 bridgehead atoms. The Morgan fingerprint density at radius 2 is 1.72 bits per heavy atom. The fourth-order valence-corrected chi connectivity index (χ4v) is 3.45. The van der Waals surface area contributed by atoms with Crippen LogP contribution < -0.4 is 29.6 Å². The Hall–Kier alpha value is -3.09. The van der Waals surface area contributed by atoms with Crippen molar-refractivity contribution in [2.24, 2.45) is 5.92 Å². The lowest BCUT2D eigenvalue weighted by Crippen LogP contribution is -2.46. The summed E-state index contributed by atoms with van der Waals surface area (Å²) in [4.78, 5) is 12.5. The third-order valence-electron chi connectivity index (χ3n) is 4.94. The van der Waals surface area contributed by atoms with Crippen LogP contribution in [0.3, 0.4) is 0 Å². The first-order chi connectivity index (χ1) is 14.1. The maximum Gasteiger partial charge on any atom is 0.315 e. The molecule has 0 spiro atoms. The lowest BCUT2D eigenvalue weighted by atomic mass is 9.95. The Balaban J connectivity index is 1.35. The molecule has 2 heterocycles. The number of carbonyl (C=O) groups excluding carboxylic acids is 1. The Labute approximate surface area is 170 Å². The van der Waals surface area contributed by atoms with Gasteiger partial charge in [0.2, 0.25) is 0 Å². The van der Waals surface area contributed by atoms with Gasteiger partial charge in [-0.25, -0.2) is 4.79 Å². The maximum absolute atomic E-state index is 12.5. The molecule has 7 heteroatoms. The average molecular weight is 398 g/mol. The molecule has 2 aliphatic rings. The molecule has 29 heavy (non-hydrogen) atoms. The second kappa shape index (κ2) is 8.51. The molecule has 0 unspecified atom stereocenters. The molecule has 7 nitrogen and oxygen atoms in total. The van der Waals surface area contributed by atoms with Crippen molar-refractivity contribution in [1.29, 1.82) is 0 Å². The van der Waals surface area contributed by atoms with Gasteiger partial charge >= 0.3 is 6.03 Å². The highest BCUT2D eigenvalue weighted by atomic mass is 16.6. The van der Waals surface area contributed by atoms with E-state index in [1.54, 1.807) is 0 Å². The molecule has 154 valence electrons. The number of carbonyl (C=O) groups is 1. The van der Waals surface area contributed by atoms with Gasteiger partial charge in [0.25, 0.3) is 0 Å². The van der Waals surface area contributed by atoms with Crippen molar-refractivity contribution in [2.75, 3.05) is 26.4 Å². The van der Waals surface area contributed by atoms with Gasteiger partial charge in [0, 0.05) is 0 Å². The summed E-state index contributed by atoms with van der Waals surface area (Å²) in [6.45, 7) is 5.97. The standard InChI is InChI=1S/C22H26N2O5/c1-14(2)21(15-7-8-18-20(11-15)27-10-9-26-18)24-22(25)23-12-16-13-28-17-5-3-4-6-19(17)29-16/h3-8,11,14,16,21H,9-10,12-13H2,1-2H3,(H2,23,24,25)/t16-,21-/m1/s1. The number of hydrogen-bond acceptors (Lipinski definition) is 5. The van der Waals surface area contributed by atoms with E-state index >= 15 is 0 Å². The van der Waals surface area contributed by atoms with Crippen LogP contribution in [0.25, 0.3) is 0 Å². The van der Waals surface area contributed by atoms with Gasteiger partial charge in [0.15, 0.2) is 29.1 Å². The first kappa shape index (κ1) is 19.2. The van der Waals surface area contributed by atoms with Crippen molar-refractivity contribution in [3.05, 3.63) is 48.0 Å². The van der Waals surface area contributed by atoms with E-state index in [0.717, 1.165) is 17.1 Å². The fourth-order valence-electron chi connectivity index (χ4n) is 3.45. The number of nitrogens with one attached hydrogen (secondary N) is 2. The minimum absolute atomic E-state index is 0.157. The molecule has 0 aromatic heterocycles. The molecule has 0 saturated heterocycles. The predicted molar refractivity (Wildman–Crippen MR) is 108 cm³/mol. The molecule has 2 atom stereocenters. The van der Waals surface area contributed by atoms with Crippen molar-refractivity contribution in [3.63, 3.8) is 0 Å². The number of urea groups is 1. The van der Waals surface area contributed by atoms with Crippen LogP contribution in [0.4, 0.5) is 4.79 Å². The lowest BCUT2D eigenvalue weighted by molar-refractivity contribution is 0.0916. The van der Waals surface area contributed by atoms with E-state index in [-0.39, 0.29) is 24.1 Å². The molecular formula is C22H26N2O5. The summed E-state index contributed by atoms with van der Waals surface area (Å²) in [5.41, 5.74) is 0.977. The summed E-state index contributed by atoms with van der Waals surface area (Å²) in [5.74, 6) is 3.08. The van der Waals surface area contributed by atoms with Gasteiger partial charge in [0.1, 0.15) is 19.8 Å². The van der Waals surface area contributed by atoms with Crippen LogP contribution in [0.15, 0.2) is 42.5 Å². The third-order valence-corrected chi connectivity index (χ3v) is 4.94. The van der Waals surface area contributed by atoms with E-state index in [1.165, 1.54) is 0 Å². The van der Waals surface area contributed by atoms with E-state index in [2.05, 4.69) is 24.5 Å². The SMILES string of the molecule is CC(C)[C@@H](NC(=O)NC[C@@H]1COc2ccccc2O1)c1ccc2c(c1)OCCO2. The van der Waals surface area contributed by atoms with E-state index < -0.39 is 0 Å². The van der Waals surface area contributed by atoms with Crippen molar-refractivity contribution >= 4 is 6.03 Å². The molecule has 0 saturated carbocycles. The van der Waals surface area contributed by atoms with Gasteiger partial charge in [-0.1, -0.05) is 32.0 Å². The van der Waals surface area contributed by atoms with Gasteiger partial charge in [-0.05, 0) is 35.7 Å². The quantitative estimate of drug-likeness (QED) is 0.808. The number of ether oxygens (including phenoxy) is 4. The number of hydrogen-bond donors (Lipinski definition) is 2. The van der Waals surface area contributed by atoms with Crippen LogP contribution in [0, 0.1) is 5.92 Å². The number of rotatable bonds is 5. The summed E-state index contributed by atoms with van der Waals surface area (Å²) in [6.07, 6.45) is -0.234. The molecule has 2 N–H and O–H groups in total. The van der Waals surface area contributed by atoms with Crippen molar-refractivity contribution in [3.8, 4) is 23.0 Å². The Morgan fingerprint density at radius 3 is 2.52 bits per heavy atom. The van der Waals surface area contributed by atoms with Gasteiger partial charge in [0.05, 0.1) is 12.6 Å². The maximum atomic E-state index is 12.5. The van der Waals surface area contributed by atoms with Crippen LogP contribution in [-0.2, 0) is 0 Å². The number of benzene rings is 2. The van der Waals surface area contributed by atoms with Gasteiger partial charge in [-0.15, -0.1) is 0 Å². The van der Waals surface area contributed by atoms with Gasteiger partial charge < -0.3 is 29.6 Å². The normalized spacial score (nSPS) is 18.1. The summed E-state index contributed by atoms with van der Waals surface area (Å²) in [5, 5.41) is 5.95. The Kier molecular flexibility index (Phi) is 5.64. The second-order valence-electron chi connectivity index (χ2n) is 7.48. The Morgan fingerprint density at radius 1 is 1.00 bits per heavy atom. The molecule has 0 aliphatic carbocycles. The highest BCUT2D eigenvalue weighted by Gasteiger charge is 2.24. The zero-order chi connectivity index (χ0) is 20.2. The van der Waals surface area contributed by atoms with Gasteiger partial charge in [-0.3, -0.25) is 0 Å². The molecule has 2 amide bonds.